The Balaban J connectivity index is 0.000000185. The molecule has 4 heterocycles. The fraction of sp³-hybridized carbons (Fsp3) is 0.717. The lowest BCUT2D eigenvalue weighted by Gasteiger charge is -2.43. The third-order valence-corrected chi connectivity index (χ3v) is 13.2. The Morgan fingerprint density at radius 3 is 1.59 bits per heavy atom. The van der Waals surface area contributed by atoms with Crippen molar-refractivity contribution in [2.24, 2.45) is 0 Å². The summed E-state index contributed by atoms with van der Waals surface area (Å²) in [5, 5.41) is 13.4. The molecule has 7 rings (SSSR count). The first kappa shape index (κ1) is 41.0. The fourth-order valence-corrected chi connectivity index (χ4v) is 9.69. The van der Waals surface area contributed by atoms with E-state index in [9.17, 15) is 5.26 Å². The summed E-state index contributed by atoms with van der Waals surface area (Å²) in [5.41, 5.74) is 2.70. The van der Waals surface area contributed by atoms with Crippen molar-refractivity contribution in [2.75, 3.05) is 98.3 Å². The maximum atomic E-state index is 9.86. The normalized spacial score (nSPS) is 22.4. The lowest BCUT2D eigenvalue weighted by Crippen LogP contribution is -2.50. The summed E-state index contributed by atoms with van der Waals surface area (Å²) in [4.78, 5) is 10.2. The molecule has 5 aliphatic rings. The van der Waals surface area contributed by atoms with Crippen LogP contribution in [0.3, 0.4) is 0 Å². The van der Waals surface area contributed by atoms with E-state index < -0.39 is 0 Å². The Morgan fingerprint density at radius 2 is 1.11 bits per heavy atom. The highest BCUT2D eigenvalue weighted by atomic mass is 16.5. The van der Waals surface area contributed by atoms with Gasteiger partial charge in [0.25, 0.3) is 0 Å². The van der Waals surface area contributed by atoms with Gasteiger partial charge in [0.2, 0.25) is 0 Å². The minimum Gasteiger partial charge on any atom is -0.494 e. The van der Waals surface area contributed by atoms with Crippen molar-refractivity contribution in [3.8, 4) is 17.6 Å². The van der Waals surface area contributed by atoms with Crippen LogP contribution >= 0.6 is 0 Å². The molecule has 8 heteroatoms. The van der Waals surface area contributed by atoms with E-state index in [1.165, 1.54) is 116 Å². The van der Waals surface area contributed by atoms with Gasteiger partial charge >= 0.3 is 0 Å². The monoisotopic (exact) mass is 741 g/mol. The molecule has 54 heavy (non-hydrogen) atoms. The summed E-state index contributed by atoms with van der Waals surface area (Å²) in [6.45, 7) is 21.3. The van der Waals surface area contributed by atoms with E-state index in [0.29, 0.717) is 11.5 Å². The number of piperidine rings is 1. The van der Waals surface area contributed by atoms with Gasteiger partial charge in [-0.1, -0.05) is 43.5 Å². The number of rotatable bonds is 15. The lowest BCUT2D eigenvalue weighted by molar-refractivity contribution is 0.151. The largest absolute Gasteiger partial charge is 0.494 e. The second-order valence-corrected chi connectivity index (χ2v) is 17.2. The molecular formula is C46H72N6O2. The van der Waals surface area contributed by atoms with Gasteiger partial charge in [0.15, 0.2) is 0 Å². The van der Waals surface area contributed by atoms with Crippen molar-refractivity contribution in [2.45, 2.75) is 114 Å². The van der Waals surface area contributed by atoms with E-state index in [1.807, 2.05) is 12.1 Å². The summed E-state index contributed by atoms with van der Waals surface area (Å²) in [6, 6.07) is 20.6. The highest BCUT2D eigenvalue weighted by Gasteiger charge is 2.37. The molecule has 1 aliphatic carbocycles. The Labute approximate surface area is 328 Å². The number of likely N-dealkylation sites (tertiary alicyclic amines) is 3. The van der Waals surface area contributed by atoms with E-state index in [2.05, 4.69) is 81.2 Å². The minimum atomic E-state index is -0.334. The average Bonchev–Trinajstić information content (AvgIpc) is 3.95. The van der Waals surface area contributed by atoms with E-state index in [0.717, 1.165) is 88.7 Å². The number of benzene rings is 2. The van der Waals surface area contributed by atoms with Crippen LogP contribution in [-0.2, 0) is 10.8 Å². The molecule has 0 amide bonds. The quantitative estimate of drug-likeness (QED) is 0.189. The summed E-state index contributed by atoms with van der Waals surface area (Å²) >= 11 is 0. The summed E-state index contributed by atoms with van der Waals surface area (Å²) < 4.78 is 12.0. The Kier molecular flexibility index (Phi) is 16.0. The van der Waals surface area contributed by atoms with E-state index >= 15 is 0 Å². The molecule has 2 aromatic carbocycles. The van der Waals surface area contributed by atoms with Crippen LogP contribution in [0.25, 0.3) is 0 Å². The number of hydrogen-bond acceptors (Lipinski definition) is 8. The number of nitriles is 1. The van der Waals surface area contributed by atoms with Gasteiger partial charge in [0, 0.05) is 70.4 Å². The highest BCUT2D eigenvalue weighted by molar-refractivity contribution is 5.37. The zero-order valence-corrected chi connectivity index (χ0v) is 34.0. The first-order valence-corrected chi connectivity index (χ1v) is 22.0. The van der Waals surface area contributed by atoms with Crippen molar-refractivity contribution >= 4 is 0 Å². The van der Waals surface area contributed by atoms with Crippen molar-refractivity contribution < 1.29 is 9.47 Å². The predicted octanol–water partition coefficient (Wildman–Crippen LogP) is 7.48. The summed E-state index contributed by atoms with van der Waals surface area (Å²) in [5.74, 6) is 1.96. The van der Waals surface area contributed by atoms with Crippen LogP contribution in [-0.4, -0.2) is 124 Å². The highest BCUT2D eigenvalue weighted by Crippen LogP contribution is 2.41. The van der Waals surface area contributed by atoms with Gasteiger partial charge in [-0.3, -0.25) is 4.90 Å². The molecule has 0 spiro atoms. The van der Waals surface area contributed by atoms with Crippen LogP contribution < -0.4 is 14.8 Å². The summed E-state index contributed by atoms with van der Waals surface area (Å²) in [6.07, 6.45) is 16.3. The molecule has 0 unspecified atom stereocenters. The maximum absolute atomic E-state index is 9.86. The predicted molar refractivity (Wildman–Crippen MR) is 222 cm³/mol. The van der Waals surface area contributed by atoms with Crippen molar-refractivity contribution in [3.63, 3.8) is 0 Å². The van der Waals surface area contributed by atoms with Gasteiger partial charge < -0.3 is 29.5 Å². The number of hydrogen-bond donors (Lipinski definition) is 1. The smallest absolute Gasteiger partial charge is 0.119 e. The lowest BCUT2D eigenvalue weighted by atomic mass is 9.69. The Morgan fingerprint density at radius 1 is 0.611 bits per heavy atom. The van der Waals surface area contributed by atoms with Crippen LogP contribution in [0, 0.1) is 11.3 Å². The van der Waals surface area contributed by atoms with Gasteiger partial charge in [-0.15, -0.1) is 0 Å². The molecular weight excluding hydrogens is 669 g/mol. The number of piperazine rings is 1. The molecule has 0 bridgehead atoms. The first-order chi connectivity index (χ1) is 26.5. The topological polar surface area (TPSA) is 67.2 Å². The first-order valence-electron chi connectivity index (χ1n) is 22.0. The van der Waals surface area contributed by atoms with E-state index in [1.54, 1.807) is 0 Å². The van der Waals surface area contributed by atoms with Gasteiger partial charge in [0.1, 0.15) is 11.5 Å². The molecule has 8 nitrogen and oxygen atoms in total. The summed E-state index contributed by atoms with van der Waals surface area (Å²) in [7, 11) is 0. The van der Waals surface area contributed by atoms with E-state index in [4.69, 9.17) is 9.47 Å². The zero-order valence-electron chi connectivity index (χ0n) is 34.0. The van der Waals surface area contributed by atoms with Crippen molar-refractivity contribution in [3.05, 3.63) is 59.7 Å². The standard InChI is InChI=1S/C24H39N3O.C22H33N3O/c1-2-11-24(12-3-1,21-27-18-13-25-14-19-27)22-7-9-23(10-8-22)28-20-6-17-26-15-4-5-16-26;1-19(2)25-15-10-22(18-23,11-16-25)20-6-8-21(9-7-20)26-17-5-14-24-12-3-4-13-24/h7-10,25H,1-6,11-21H2;6-9,19H,3-5,10-17H2,1-2H3. The van der Waals surface area contributed by atoms with Gasteiger partial charge in [-0.25, -0.2) is 0 Å². The molecule has 1 N–H and O–H groups in total. The maximum Gasteiger partial charge on any atom is 0.119 e. The van der Waals surface area contributed by atoms with Crippen LogP contribution in [0.4, 0.5) is 0 Å². The van der Waals surface area contributed by atoms with E-state index in [-0.39, 0.29) is 5.41 Å². The number of ether oxygens (including phenoxy) is 2. The molecule has 5 fully saturated rings. The minimum absolute atomic E-state index is 0.334. The number of nitrogens with zero attached hydrogens (tertiary/aromatic N) is 5. The third-order valence-electron chi connectivity index (χ3n) is 13.2. The second kappa shape index (κ2) is 21.0. The van der Waals surface area contributed by atoms with Crippen LogP contribution in [0.5, 0.6) is 11.5 Å². The van der Waals surface area contributed by atoms with Crippen LogP contribution in [0.2, 0.25) is 0 Å². The SMILES string of the molecule is CC(C)N1CCC(C#N)(c2ccc(OCCCN3CCCC3)cc2)CC1.c1cc(C2(CN3CCNCC3)CCCCC2)ccc1OCCCN1CCCC1. The molecule has 1 saturated carbocycles. The van der Waals surface area contributed by atoms with Gasteiger partial charge in [-0.2, -0.15) is 5.26 Å². The van der Waals surface area contributed by atoms with Crippen LogP contribution in [0.1, 0.15) is 108 Å². The molecule has 2 aromatic rings. The molecule has 4 aliphatic heterocycles. The second-order valence-electron chi connectivity index (χ2n) is 17.2. The van der Waals surface area contributed by atoms with Gasteiger partial charge in [-0.05, 0) is 140 Å². The molecule has 0 aromatic heterocycles. The molecule has 4 saturated heterocycles. The van der Waals surface area contributed by atoms with Crippen LogP contribution in [0.15, 0.2) is 48.5 Å². The number of nitrogens with one attached hydrogen (secondary N) is 1. The fourth-order valence-electron chi connectivity index (χ4n) is 9.69. The third kappa shape index (κ3) is 11.7. The van der Waals surface area contributed by atoms with Crippen molar-refractivity contribution in [1.82, 2.24) is 24.9 Å². The molecule has 0 radical (unpaired) electrons. The Bertz CT molecular complexity index is 1380. The zero-order chi connectivity index (χ0) is 37.5. The molecule has 298 valence electrons. The Hall–Kier alpha value is -2.67. The van der Waals surface area contributed by atoms with Gasteiger partial charge in [0.05, 0.1) is 24.7 Å². The average molecular weight is 741 g/mol. The van der Waals surface area contributed by atoms with Crippen molar-refractivity contribution in [1.29, 1.82) is 5.26 Å². The molecule has 0 atom stereocenters.